The normalized spacial score (nSPS) is 14.3. The van der Waals surface area contributed by atoms with Gasteiger partial charge >= 0.3 is 5.97 Å². The predicted molar refractivity (Wildman–Crippen MR) is 64.8 cm³/mol. The number of carboxylic acids is 1. The van der Waals surface area contributed by atoms with Crippen molar-refractivity contribution in [2.75, 3.05) is 6.61 Å². The summed E-state index contributed by atoms with van der Waals surface area (Å²) in [5, 5.41) is 16.5. The van der Waals surface area contributed by atoms with Crippen LogP contribution in [-0.4, -0.2) is 27.9 Å². The van der Waals surface area contributed by atoms with Gasteiger partial charge in [0.25, 0.3) is 0 Å². The molecular weight excluding hydrogens is 248 g/mol. The van der Waals surface area contributed by atoms with Crippen molar-refractivity contribution in [2.24, 2.45) is 0 Å². The minimum absolute atomic E-state index is 0.355. The van der Waals surface area contributed by atoms with Crippen LogP contribution in [0.3, 0.4) is 0 Å². The summed E-state index contributed by atoms with van der Waals surface area (Å²) in [5.41, 5.74) is 0.794. The summed E-state index contributed by atoms with van der Waals surface area (Å²) in [6.45, 7) is -0.355. The number of ether oxygens (including phenoxy) is 1. The molecule has 1 aromatic heterocycles. The smallest absolute Gasteiger partial charge is 0.341 e. The van der Waals surface area contributed by atoms with Crippen LogP contribution in [0.4, 0.5) is 0 Å². The van der Waals surface area contributed by atoms with E-state index in [0.29, 0.717) is 23.4 Å². The molecule has 1 heterocycles. The Hall–Kier alpha value is -2.37. The van der Waals surface area contributed by atoms with Crippen molar-refractivity contribution in [3.63, 3.8) is 0 Å². The quantitative estimate of drug-likeness (QED) is 0.885. The van der Waals surface area contributed by atoms with Crippen molar-refractivity contribution < 1.29 is 19.1 Å². The molecule has 1 saturated carbocycles. The Balaban J connectivity index is 1.71. The summed E-state index contributed by atoms with van der Waals surface area (Å²) in [6, 6.07) is 6.89. The first kappa shape index (κ1) is 11.7. The summed E-state index contributed by atoms with van der Waals surface area (Å²) >= 11 is 0. The van der Waals surface area contributed by atoms with E-state index in [9.17, 15) is 4.79 Å². The number of carbonyl (C=O) groups is 1. The van der Waals surface area contributed by atoms with E-state index >= 15 is 0 Å². The third-order valence-electron chi connectivity index (χ3n) is 2.83. The Morgan fingerprint density at radius 1 is 1.32 bits per heavy atom. The van der Waals surface area contributed by atoms with E-state index in [4.69, 9.17) is 14.3 Å². The summed E-state index contributed by atoms with van der Waals surface area (Å²) in [5.74, 6) is 1.09. The minimum atomic E-state index is -1.00. The fourth-order valence-corrected chi connectivity index (χ4v) is 1.69. The van der Waals surface area contributed by atoms with Gasteiger partial charge in [0.15, 0.2) is 6.61 Å². The van der Waals surface area contributed by atoms with Gasteiger partial charge in [-0.25, -0.2) is 4.79 Å². The van der Waals surface area contributed by atoms with Gasteiger partial charge in [-0.15, -0.1) is 10.2 Å². The highest BCUT2D eigenvalue weighted by atomic mass is 16.5. The molecule has 0 radical (unpaired) electrons. The molecule has 1 aromatic carbocycles. The number of aromatic nitrogens is 2. The number of carboxylic acid groups (broad SMARTS) is 1. The van der Waals surface area contributed by atoms with Gasteiger partial charge < -0.3 is 14.3 Å². The van der Waals surface area contributed by atoms with E-state index in [2.05, 4.69) is 10.2 Å². The van der Waals surface area contributed by atoms with Gasteiger partial charge in [-0.3, -0.25) is 0 Å². The molecule has 1 N–H and O–H groups in total. The molecule has 6 heteroatoms. The Labute approximate surface area is 109 Å². The highest BCUT2D eigenvalue weighted by Crippen LogP contribution is 2.39. The van der Waals surface area contributed by atoms with Gasteiger partial charge in [0.1, 0.15) is 5.75 Å². The molecule has 3 rings (SSSR count). The zero-order chi connectivity index (χ0) is 13.2. The lowest BCUT2D eigenvalue weighted by molar-refractivity contribution is -0.139. The highest BCUT2D eigenvalue weighted by molar-refractivity contribution is 5.68. The Kier molecular flexibility index (Phi) is 2.91. The molecule has 1 aliphatic carbocycles. The first-order chi connectivity index (χ1) is 9.22. The van der Waals surface area contributed by atoms with Crippen molar-refractivity contribution in [1.29, 1.82) is 0 Å². The zero-order valence-electron chi connectivity index (χ0n) is 10.1. The van der Waals surface area contributed by atoms with Gasteiger partial charge in [0.05, 0.1) is 0 Å². The largest absolute Gasteiger partial charge is 0.482 e. The maximum atomic E-state index is 10.4. The van der Waals surface area contributed by atoms with Crippen LogP contribution in [0.15, 0.2) is 28.7 Å². The lowest BCUT2D eigenvalue weighted by Crippen LogP contribution is -2.09. The summed E-state index contributed by atoms with van der Waals surface area (Å²) in [6.07, 6.45) is 2.23. The van der Waals surface area contributed by atoms with E-state index in [1.54, 1.807) is 24.3 Å². The van der Waals surface area contributed by atoms with Gasteiger partial charge in [-0.05, 0) is 37.1 Å². The summed E-state index contributed by atoms with van der Waals surface area (Å²) in [4.78, 5) is 10.4. The standard InChI is InChI=1S/C13H12N2O4/c16-11(17)7-18-10-5-3-9(4-6-10)13-15-14-12(19-13)8-1-2-8/h3-6,8H,1-2,7H2,(H,16,17). The second kappa shape index (κ2) is 4.72. The molecule has 0 bridgehead atoms. The fraction of sp³-hybridized carbons (Fsp3) is 0.308. The molecule has 0 saturated heterocycles. The molecule has 19 heavy (non-hydrogen) atoms. The SMILES string of the molecule is O=C(O)COc1ccc(-c2nnc(C3CC3)o2)cc1. The number of rotatable bonds is 5. The van der Waals surface area contributed by atoms with E-state index in [0.717, 1.165) is 18.4 Å². The van der Waals surface area contributed by atoms with E-state index < -0.39 is 5.97 Å². The number of benzene rings is 1. The van der Waals surface area contributed by atoms with Crippen molar-refractivity contribution in [2.45, 2.75) is 18.8 Å². The van der Waals surface area contributed by atoms with Crippen LogP contribution in [0.25, 0.3) is 11.5 Å². The molecule has 2 aromatic rings. The third kappa shape index (κ3) is 2.73. The fourth-order valence-electron chi connectivity index (χ4n) is 1.69. The monoisotopic (exact) mass is 260 g/mol. The van der Waals surface area contributed by atoms with Crippen LogP contribution < -0.4 is 4.74 Å². The van der Waals surface area contributed by atoms with E-state index in [1.807, 2.05) is 0 Å². The first-order valence-electron chi connectivity index (χ1n) is 6.01. The van der Waals surface area contributed by atoms with Crippen molar-refractivity contribution in [3.05, 3.63) is 30.2 Å². The second-order valence-electron chi connectivity index (χ2n) is 4.43. The lowest BCUT2D eigenvalue weighted by atomic mass is 10.2. The number of aliphatic carboxylic acids is 1. The van der Waals surface area contributed by atoms with Crippen LogP contribution in [-0.2, 0) is 4.79 Å². The van der Waals surface area contributed by atoms with Crippen molar-refractivity contribution in [1.82, 2.24) is 10.2 Å². The van der Waals surface area contributed by atoms with Crippen LogP contribution >= 0.6 is 0 Å². The molecule has 0 amide bonds. The average molecular weight is 260 g/mol. The summed E-state index contributed by atoms with van der Waals surface area (Å²) in [7, 11) is 0. The number of hydrogen-bond donors (Lipinski definition) is 1. The molecule has 6 nitrogen and oxygen atoms in total. The van der Waals surface area contributed by atoms with Gasteiger partial charge in [-0.1, -0.05) is 0 Å². The molecule has 0 aliphatic heterocycles. The van der Waals surface area contributed by atoms with Crippen LogP contribution in [0.2, 0.25) is 0 Å². The molecule has 1 aliphatic rings. The molecule has 98 valence electrons. The average Bonchev–Trinajstić information content (AvgIpc) is 3.15. The highest BCUT2D eigenvalue weighted by Gasteiger charge is 2.29. The Morgan fingerprint density at radius 3 is 2.68 bits per heavy atom. The van der Waals surface area contributed by atoms with Gasteiger partial charge in [0.2, 0.25) is 11.8 Å². The molecule has 1 fully saturated rings. The predicted octanol–water partition coefficient (Wildman–Crippen LogP) is 2.08. The van der Waals surface area contributed by atoms with Crippen molar-refractivity contribution in [3.8, 4) is 17.2 Å². The van der Waals surface area contributed by atoms with Gasteiger partial charge in [0, 0.05) is 11.5 Å². The second-order valence-corrected chi connectivity index (χ2v) is 4.43. The van der Waals surface area contributed by atoms with Crippen molar-refractivity contribution >= 4 is 5.97 Å². The molecule has 0 spiro atoms. The third-order valence-corrected chi connectivity index (χ3v) is 2.83. The molecular formula is C13H12N2O4. The first-order valence-corrected chi connectivity index (χ1v) is 6.01. The van der Waals surface area contributed by atoms with E-state index in [-0.39, 0.29) is 6.61 Å². The van der Waals surface area contributed by atoms with Gasteiger partial charge in [-0.2, -0.15) is 0 Å². The molecule has 0 atom stereocenters. The van der Waals surface area contributed by atoms with Crippen LogP contribution in [0.5, 0.6) is 5.75 Å². The Bertz CT molecular complexity index is 587. The lowest BCUT2D eigenvalue weighted by Gasteiger charge is -2.02. The molecule has 0 unspecified atom stereocenters. The number of nitrogens with zero attached hydrogens (tertiary/aromatic N) is 2. The Morgan fingerprint density at radius 2 is 2.05 bits per heavy atom. The van der Waals surface area contributed by atoms with E-state index in [1.165, 1.54) is 0 Å². The van der Waals surface area contributed by atoms with Crippen LogP contribution in [0.1, 0.15) is 24.7 Å². The minimum Gasteiger partial charge on any atom is -0.482 e. The maximum absolute atomic E-state index is 10.4. The maximum Gasteiger partial charge on any atom is 0.341 e. The topological polar surface area (TPSA) is 85.5 Å². The zero-order valence-corrected chi connectivity index (χ0v) is 10.1. The number of hydrogen-bond acceptors (Lipinski definition) is 5. The summed E-state index contributed by atoms with van der Waals surface area (Å²) < 4.78 is 10.6. The van der Waals surface area contributed by atoms with Crippen LogP contribution in [0, 0.1) is 0 Å².